The van der Waals surface area contributed by atoms with Gasteiger partial charge in [-0.05, 0) is 13.8 Å². The van der Waals surface area contributed by atoms with Crippen LogP contribution in [-0.2, 0) is 28.4 Å². The van der Waals surface area contributed by atoms with Gasteiger partial charge in [-0.25, -0.2) is 0 Å². The Morgan fingerprint density at radius 3 is 1.14 bits per heavy atom. The van der Waals surface area contributed by atoms with Crippen LogP contribution in [-0.4, -0.2) is 125 Å². The Labute approximate surface area is 168 Å². The first-order valence-electron chi connectivity index (χ1n) is 9.59. The van der Waals surface area contributed by atoms with Crippen molar-refractivity contribution in [2.75, 3.05) is 92.5 Å². The predicted octanol–water partition coefficient (Wildman–Crippen LogP) is -1.18. The molecule has 0 heterocycles. The highest BCUT2D eigenvalue weighted by molar-refractivity contribution is 4.47. The molecule has 0 aliphatic rings. The van der Waals surface area contributed by atoms with E-state index in [1.807, 2.05) is 0 Å². The smallest absolute Gasteiger partial charge is 0.0779 e. The van der Waals surface area contributed by atoms with E-state index in [1.165, 1.54) is 0 Å². The van der Waals surface area contributed by atoms with Gasteiger partial charge >= 0.3 is 0 Å². The van der Waals surface area contributed by atoms with Gasteiger partial charge in [0.1, 0.15) is 0 Å². The summed E-state index contributed by atoms with van der Waals surface area (Å²) in [4.78, 5) is 0. The van der Waals surface area contributed by atoms with Crippen LogP contribution in [0, 0.1) is 0 Å². The molecule has 0 rings (SSSR count). The van der Waals surface area contributed by atoms with Crippen molar-refractivity contribution in [2.45, 2.75) is 26.1 Å². The van der Waals surface area contributed by atoms with Gasteiger partial charge in [-0.2, -0.15) is 0 Å². The van der Waals surface area contributed by atoms with Crippen LogP contribution >= 0.6 is 0 Å². The molecule has 0 spiro atoms. The second-order valence-electron chi connectivity index (χ2n) is 5.68. The van der Waals surface area contributed by atoms with Crippen LogP contribution in [0.1, 0.15) is 13.8 Å². The van der Waals surface area contributed by atoms with Crippen LogP contribution in [0.2, 0.25) is 0 Å². The molecule has 10 nitrogen and oxygen atoms in total. The van der Waals surface area contributed by atoms with Crippen LogP contribution < -0.4 is 0 Å². The molecule has 2 atom stereocenters. The lowest BCUT2D eigenvalue weighted by molar-refractivity contribution is -0.0177. The Morgan fingerprint density at radius 2 is 0.893 bits per heavy atom. The monoisotopic (exact) mass is 416 g/mol. The first kappa shape index (κ1) is 29.8. The molecule has 0 bridgehead atoms. The van der Waals surface area contributed by atoms with Crippen LogP contribution in [0.5, 0.6) is 0 Å². The summed E-state index contributed by atoms with van der Waals surface area (Å²) in [6.07, 6.45) is -0.612. The summed E-state index contributed by atoms with van der Waals surface area (Å²) in [6, 6.07) is 0. The summed E-state index contributed by atoms with van der Waals surface area (Å²) < 4.78 is 30.7. The number of aliphatic hydroxyl groups is 4. The molecule has 0 saturated heterocycles. The van der Waals surface area contributed by atoms with E-state index < -0.39 is 6.10 Å². The minimum atomic E-state index is -0.445. The molecule has 0 radical (unpaired) electrons. The lowest BCUT2D eigenvalue weighted by Gasteiger charge is -2.10. The van der Waals surface area contributed by atoms with Gasteiger partial charge in [0.05, 0.1) is 105 Å². The number of hydrogen-bond acceptors (Lipinski definition) is 10. The molecule has 2 unspecified atom stereocenters. The quantitative estimate of drug-likeness (QED) is 0.180. The van der Waals surface area contributed by atoms with Crippen LogP contribution in [0.4, 0.5) is 0 Å². The lowest BCUT2D eigenvalue weighted by Crippen LogP contribution is -2.19. The van der Waals surface area contributed by atoms with Gasteiger partial charge in [0.2, 0.25) is 0 Å². The zero-order valence-corrected chi connectivity index (χ0v) is 17.3. The summed E-state index contributed by atoms with van der Waals surface area (Å²) in [5.41, 5.74) is 0. The van der Waals surface area contributed by atoms with Crippen molar-refractivity contribution in [1.29, 1.82) is 0 Å². The maximum atomic E-state index is 8.69. The Hall–Kier alpha value is -0.400. The van der Waals surface area contributed by atoms with Crippen LogP contribution in [0.3, 0.4) is 0 Å². The first-order valence-corrected chi connectivity index (χ1v) is 9.59. The minimum absolute atomic E-state index is 0.00667. The highest BCUT2D eigenvalue weighted by Gasteiger charge is 2.00. The number of hydrogen-bond donors (Lipinski definition) is 4. The van der Waals surface area contributed by atoms with Crippen molar-refractivity contribution in [1.82, 2.24) is 0 Å². The van der Waals surface area contributed by atoms with Gasteiger partial charge in [-0.3, -0.25) is 0 Å². The van der Waals surface area contributed by atoms with Crippen LogP contribution in [0.25, 0.3) is 0 Å². The van der Waals surface area contributed by atoms with E-state index in [0.717, 1.165) is 0 Å². The fourth-order valence-electron chi connectivity index (χ4n) is 1.47. The van der Waals surface area contributed by atoms with E-state index in [-0.39, 0.29) is 25.9 Å². The first-order chi connectivity index (χ1) is 13.6. The van der Waals surface area contributed by atoms with Gasteiger partial charge in [0.25, 0.3) is 0 Å². The fourth-order valence-corrected chi connectivity index (χ4v) is 1.47. The number of ether oxygens (including phenoxy) is 6. The Kier molecular flexibility index (Phi) is 28.3. The molecule has 4 N–H and O–H groups in total. The summed E-state index contributed by atoms with van der Waals surface area (Å²) in [5, 5.41) is 34.0. The van der Waals surface area contributed by atoms with Crippen molar-refractivity contribution < 1.29 is 48.8 Å². The van der Waals surface area contributed by atoms with Crippen molar-refractivity contribution in [3.05, 3.63) is 0 Å². The van der Waals surface area contributed by atoms with E-state index in [4.69, 9.17) is 48.8 Å². The topological polar surface area (TPSA) is 136 Å². The molecule has 0 aliphatic heterocycles. The zero-order chi connectivity index (χ0) is 21.3. The summed E-state index contributed by atoms with van der Waals surface area (Å²) >= 11 is 0. The molecule has 172 valence electrons. The third kappa shape index (κ3) is 30.3. The van der Waals surface area contributed by atoms with E-state index in [1.54, 1.807) is 13.8 Å². The van der Waals surface area contributed by atoms with E-state index >= 15 is 0 Å². The number of rotatable bonds is 20. The molecule has 0 amide bonds. The molecule has 0 aromatic rings. The van der Waals surface area contributed by atoms with E-state index in [2.05, 4.69) is 0 Å². The van der Waals surface area contributed by atoms with E-state index in [0.29, 0.717) is 72.7 Å². The van der Waals surface area contributed by atoms with Gasteiger partial charge in [-0.15, -0.1) is 0 Å². The normalized spacial score (nSPS) is 13.1. The second kappa shape index (κ2) is 26.6. The van der Waals surface area contributed by atoms with Gasteiger partial charge < -0.3 is 48.8 Å². The van der Waals surface area contributed by atoms with Crippen LogP contribution in [0.15, 0.2) is 0 Å². The highest BCUT2D eigenvalue weighted by atomic mass is 16.6. The largest absolute Gasteiger partial charge is 0.394 e. The highest BCUT2D eigenvalue weighted by Crippen LogP contribution is 1.90. The summed E-state index contributed by atoms with van der Waals surface area (Å²) in [5.74, 6) is 0. The standard InChI is InChI=1S/C12H26O7.C6H14O3/c13-1-3-15-5-7-17-9-11-19-12-10-18-8-6-16-4-2-14;1-5(8)4-9-6(2)3-7/h13-14H,1-12H2;5-8H,3-4H2,1-2H3. The second-order valence-corrected chi connectivity index (χ2v) is 5.68. The molecule has 28 heavy (non-hydrogen) atoms. The maximum absolute atomic E-state index is 8.69. The molecule has 0 saturated carbocycles. The Morgan fingerprint density at radius 1 is 0.571 bits per heavy atom. The third-order valence-electron chi connectivity index (χ3n) is 2.84. The lowest BCUT2D eigenvalue weighted by atomic mass is 10.4. The minimum Gasteiger partial charge on any atom is -0.394 e. The molecule has 0 aromatic carbocycles. The summed E-state index contributed by atoms with van der Waals surface area (Å²) in [6.45, 7) is 8.50. The zero-order valence-electron chi connectivity index (χ0n) is 17.3. The molecule has 0 fully saturated rings. The SMILES string of the molecule is CC(O)COC(C)CO.OCCOCCOCCOCCOCCOCCO. The maximum Gasteiger partial charge on any atom is 0.0779 e. The van der Waals surface area contributed by atoms with Crippen molar-refractivity contribution >= 4 is 0 Å². The van der Waals surface area contributed by atoms with Crippen molar-refractivity contribution in [3.8, 4) is 0 Å². The fraction of sp³-hybridized carbons (Fsp3) is 1.00. The molecule has 0 aliphatic carbocycles. The average molecular weight is 417 g/mol. The third-order valence-corrected chi connectivity index (χ3v) is 2.84. The van der Waals surface area contributed by atoms with Gasteiger partial charge in [-0.1, -0.05) is 0 Å². The average Bonchev–Trinajstić information content (AvgIpc) is 2.69. The Bertz CT molecular complexity index is 253. The molecular formula is C18H40O10. The van der Waals surface area contributed by atoms with E-state index in [9.17, 15) is 0 Å². The number of aliphatic hydroxyl groups excluding tert-OH is 4. The van der Waals surface area contributed by atoms with Gasteiger partial charge in [0.15, 0.2) is 0 Å². The summed E-state index contributed by atoms with van der Waals surface area (Å²) in [7, 11) is 0. The van der Waals surface area contributed by atoms with Gasteiger partial charge in [0, 0.05) is 0 Å². The van der Waals surface area contributed by atoms with Crippen molar-refractivity contribution in [3.63, 3.8) is 0 Å². The molecule has 10 heteroatoms. The molecular weight excluding hydrogens is 376 g/mol. The predicted molar refractivity (Wildman–Crippen MR) is 102 cm³/mol. The molecule has 0 aromatic heterocycles. The van der Waals surface area contributed by atoms with Crippen molar-refractivity contribution in [2.24, 2.45) is 0 Å². The Balaban J connectivity index is 0.